The number of nitrogens with zero attached hydrogens (tertiary/aromatic N) is 3. The molecule has 0 saturated carbocycles. The van der Waals surface area contributed by atoms with Gasteiger partial charge in [0.05, 0.1) is 16.1 Å². The summed E-state index contributed by atoms with van der Waals surface area (Å²) in [6.45, 7) is 0. The summed E-state index contributed by atoms with van der Waals surface area (Å²) in [7, 11) is -0.892. The van der Waals surface area contributed by atoms with Crippen LogP contribution in [0.5, 0.6) is 0 Å². The minimum absolute atomic E-state index is 0. The Labute approximate surface area is 346 Å². The van der Waals surface area contributed by atoms with Gasteiger partial charge in [0.2, 0.25) is 0 Å². The van der Waals surface area contributed by atoms with Crippen molar-refractivity contribution in [3.63, 3.8) is 0 Å². The number of aromatic nitrogens is 2. The molecule has 0 atom stereocenters. The van der Waals surface area contributed by atoms with Crippen molar-refractivity contribution in [1.82, 2.24) is 9.97 Å². The second kappa shape index (κ2) is 22.5. The van der Waals surface area contributed by atoms with Crippen molar-refractivity contribution < 1.29 is 22.2 Å². The van der Waals surface area contributed by atoms with Gasteiger partial charge in [-0.25, -0.2) is 0 Å². The predicted octanol–water partition coefficient (Wildman–Crippen LogP) is 9.43. The fourth-order valence-electron chi connectivity index (χ4n) is 6.04. The molecule has 9 rings (SSSR count). The largest absolute Gasteiger partial charge is 1.00 e. The molecule has 6 nitrogen and oxygen atoms in total. The van der Waals surface area contributed by atoms with Crippen LogP contribution in [0.25, 0.3) is 21.8 Å². The predicted molar refractivity (Wildman–Crippen MR) is 238 cm³/mol. The maximum atomic E-state index is 8.25. The first kappa shape index (κ1) is 42.1. The van der Waals surface area contributed by atoms with Crippen molar-refractivity contribution in [3.05, 3.63) is 246 Å². The molecule has 0 saturated heterocycles. The summed E-state index contributed by atoms with van der Waals surface area (Å²) in [5, 5.41) is 25.4. The Kier molecular flexibility index (Phi) is 16.6. The number of rotatable bonds is 6. The molecule has 0 amide bonds. The zero-order valence-electron chi connectivity index (χ0n) is 30.7. The summed E-state index contributed by atoms with van der Waals surface area (Å²) in [4.78, 5) is 16.9. The van der Waals surface area contributed by atoms with Crippen LogP contribution < -0.4 is 31.8 Å². The molecule has 2 heterocycles. The Hall–Kier alpha value is -6.06. The van der Waals surface area contributed by atoms with E-state index in [1.807, 2.05) is 12.1 Å². The zero-order valence-corrected chi connectivity index (χ0v) is 33.4. The van der Waals surface area contributed by atoms with Crippen LogP contribution in [-0.2, 0) is 17.1 Å². The smallest absolute Gasteiger partial charge is 0.356 e. The maximum Gasteiger partial charge on any atom is 1.00 e. The molecule has 7 aromatic carbocycles. The van der Waals surface area contributed by atoms with E-state index in [0.29, 0.717) is 0 Å². The standard InChI is InChI=1S/2C18H15P.C12H8N2.Cu.NO3/c2*1-4-10-16(11-5-1)19(17-12-6-2-7-13-17)18-14-8-3-9-15-18;1-3-9-5-6-10-4-2-8-14-12(10)11(9)13-7-1;;2-1(3)4/h2*1-15H;1-8H;;/q;;;+1;-1. The molecule has 0 bridgehead atoms. The fourth-order valence-corrected chi connectivity index (χ4v) is 10.6. The van der Waals surface area contributed by atoms with Gasteiger partial charge in [0.25, 0.3) is 0 Å². The number of benzene rings is 7. The van der Waals surface area contributed by atoms with Crippen LogP contribution >= 0.6 is 15.8 Å². The van der Waals surface area contributed by atoms with Crippen LogP contribution in [0.4, 0.5) is 0 Å². The monoisotopic (exact) mass is 829 g/mol. The Morgan fingerprint density at radius 2 is 0.544 bits per heavy atom. The van der Waals surface area contributed by atoms with E-state index in [4.69, 9.17) is 15.3 Å². The average molecular weight is 830 g/mol. The van der Waals surface area contributed by atoms with E-state index >= 15 is 0 Å². The number of hydrogen-bond acceptors (Lipinski definition) is 5. The topological polar surface area (TPSA) is 92.0 Å². The molecule has 0 unspecified atom stereocenters. The SMILES string of the molecule is O=[N+]([O-])[O-].[Cu+].c1ccc(P(c2ccccc2)c2ccccc2)cc1.c1ccc(P(c2ccccc2)c2ccccc2)cc1.c1cnc2c(c1)ccc1cccnc12. The number of hydrogen-bond donors (Lipinski definition) is 0. The first-order chi connectivity index (χ1) is 27.6. The summed E-state index contributed by atoms with van der Waals surface area (Å²) in [6, 6.07) is 76.8. The first-order valence-electron chi connectivity index (χ1n) is 17.9. The third-order valence-electron chi connectivity index (χ3n) is 8.43. The first-order valence-corrected chi connectivity index (χ1v) is 20.6. The third-order valence-corrected chi connectivity index (χ3v) is 13.3. The van der Waals surface area contributed by atoms with Gasteiger partial charge >= 0.3 is 17.1 Å². The van der Waals surface area contributed by atoms with Gasteiger partial charge in [0.1, 0.15) is 0 Å². The van der Waals surface area contributed by atoms with Gasteiger partial charge in [-0.05, 0) is 59.8 Å². The van der Waals surface area contributed by atoms with Gasteiger partial charge in [-0.2, -0.15) is 0 Å². The van der Waals surface area contributed by atoms with Gasteiger partial charge in [0, 0.05) is 23.2 Å². The Bertz CT molecular complexity index is 2160. The second-order valence-corrected chi connectivity index (χ2v) is 16.6. The van der Waals surface area contributed by atoms with Crippen molar-refractivity contribution in [1.29, 1.82) is 0 Å². The van der Waals surface area contributed by atoms with Crippen molar-refractivity contribution in [3.8, 4) is 0 Å². The Morgan fingerprint density at radius 1 is 0.333 bits per heavy atom. The van der Waals surface area contributed by atoms with Gasteiger partial charge in [0.15, 0.2) is 0 Å². The molecule has 9 aromatic rings. The van der Waals surface area contributed by atoms with E-state index in [1.165, 1.54) is 31.8 Å². The molecule has 0 aliphatic rings. The number of fused-ring (bicyclic) bond motifs is 3. The fraction of sp³-hybridized carbons (Fsp3) is 0. The van der Waals surface area contributed by atoms with E-state index < -0.39 is 20.9 Å². The van der Waals surface area contributed by atoms with Gasteiger partial charge in [-0.1, -0.05) is 206 Å². The molecule has 284 valence electrons. The van der Waals surface area contributed by atoms with Crippen molar-refractivity contribution in [2.45, 2.75) is 0 Å². The van der Waals surface area contributed by atoms with E-state index in [2.05, 4.69) is 216 Å². The van der Waals surface area contributed by atoms with Crippen LogP contribution in [0.2, 0.25) is 0 Å². The molecule has 0 fully saturated rings. The summed E-state index contributed by atoms with van der Waals surface area (Å²) < 4.78 is 0. The molecule has 0 radical (unpaired) electrons. The molecular weight excluding hydrogens is 792 g/mol. The molecule has 2 aromatic heterocycles. The average Bonchev–Trinajstić information content (AvgIpc) is 3.26. The molecule has 0 N–H and O–H groups in total. The molecule has 0 aliphatic heterocycles. The summed E-state index contributed by atoms with van der Waals surface area (Å²) in [5.74, 6) is 0. The molecule has 0 aliphatic carbocycles. The van der Waals surface area contributed by atoms with Gasteiger partial charge in [-0.3, -0.25) is 9.97 Å². The van der Waals surface area contributed by atoms with Crippen LogP contribution in [0.1, 0.15) is 0 Å². The number of pyridine rings is 2. The Balaban J connectivity index is 0.000000156. The van der Waals surface area contributed by atoms with Crippen LogP contribution in [0.3, 0.4) is 0 Å². The van der Waals surface area contributed by atoms with E-state index in [9.17, 15) is 0 Å². The van der Waals surface area contributed by atoms with E-state index in [-0.39, 0.29) is 17.1 Å². The second-order valence-electron chi connectivity index (χ2n) is 12.1. The summed E-state index contributed by atoms with van der Waals surface area (Å²) in [6.07, 6.45) is 3.60. The zero-order chi connectivity index (χ0) is 38.8. The quantitative estimate of drug-likeness (QED) is 0.0548. The van der Waals surface area contributed by atoms with Gasteiger partial charge in [-0.15, -0.1) is 0 Å². The van der Waals surface area contributed by atoms with E-state index in [0.717, 1.165) is 21.8 Å². The maximum absolute atomic E-state index is 8.25. The van der Waals surface area contributed by atoms with Crippen molar-refractivity contribution >= 4 is 69.5 Å². The normalized spacial score (nSPS) is 10.1. The minimum atomic E-state index is -1.75. The summed E-state index contributed by atoms with van der Waals surface area (Å²) >= 11 is 0. The summed E-state index contributed by atoms with van der Waals surface area (Å²) in [5.41, 5.74) is 1.95. The van der Waals surface area contributed by atoms with E-state index in [1.54, 1.807) is 12.4 Å². The minimum Gasteiger partial charge on any atom is -0.356 e. The third kappa shape index (κ3) is 12.2. The molecule has 57 heavy (non-hydrogen) atoms. The molecular formula is C48H38CuN3O3P2. The van der Waals surface area contributed by atoms with Crippen LogP contribution in [0.15, 0.2) is 231 Å². The van der Waals surface area contributed by atoms with Crippen LogP contribution in [-0.4, -0.2) is 15.1 Å². The van der Waals surface area contributed by atoms with Crippen molar-refractivity contribution in [2.75, 3.05) is 0 Å². The van der Waals surface area contributed by atoms with Gasteiger partial charge < -0.3 is 15.3 Å². The van der Waals surface area contributed by atoms with Crippen molar-refractivity contribution in [2.24, 2.45) is 0 Å². The molecule has 9 heteroatoms. The van der Waals surface area contributed by atoms with Crippen LogP contribution in [0, 0.1) is 15.3 Å². The Morgan fingerprint density at radius 3 is 0.754 bits per heavy atom. The molecule has 0 spiro atoms.